The summed E-state index contributed by atoms with van der Waals surface area (Å²) >= 11 is 0. The third kappa shape index (κ3) is 3.04. The largest absolute Gasteiger partial charge is 0.497 e. The molecule has 138 valence electrons. The standard InChI is InChI=1S/C20H25N3O3/c1-3-26-20(24)19-15-8-13(9-16(15)19)17-10-18(21)23(22-17)11-12-4-6-14(25-2)7-5-12/h4-7,10,13,15-16,19H,3,8-9,11,21H2,1-2H3/t13?,15-,16+,19?. The van der Waals surface area contributed by atoms with Crippen molar-refractivity contribution in [2.45, 2.75) is 32.2 Å². The molecule has 0 amide bonds. The van der Waals surface area contributed by atoms with Gasteiger partial charge in [0.25, 0.3) is 0 Å². The molecule has 4 rings (SSSR count). The number of benzene rings is 1. The van der Waals surface area contributed by atoms with E-state index in [9.17, 15) is 4.79 Å². The minimum atomic E-state index is -0.0227. The SMILES string of the molecule is CCOC(=O)C1[C@H]2CC(c3cc(N)n(Cc4ccc(OC)cc4)n3)C[C@@H]12. The van der Waals surface area contributed by atoms with Crippen LogP contribution in [0.4, 0.5) is 5.82 Å². The molecule has 2 fully saturated rings. The van der Waals surface area contributed by atoms with Crippen molar-refractivity contribution < 1.29 is 14.3 Å². The number of aromatic nitrogens is 2. The Kier molecular flexibility index (Phi) is 4.34. The van der Waals surface area contributed by atoms with E-state index < -0.39 is 0 Å². The van der Waals surface area contributed by atoms with Crippen LogP contribution < -0.4 is 10.5 Å². The van der Waals surface area contributed by atoms with Crippen molar-refractivity contribution in [2.75, 3.05) is 19.5 Å². The fourth-order valence-electron chi connectivity index (χ4n) is 4.35. The predicted molar refractivity (Wildman–Crippen MR) is 97.8 cm³/mol. The Labute approximate surface area is 153 Å². The maximum atomic E-state index is 11.9. The van der Waals surface area contributed by atoms with E-state index in [1.807, 2.05) is 41.9 Å². The van der Waals surface area contributed by atoms with Gasteiger partial charge in [0.05, 0.1) is 31.9 Å². The molecule has 2 saturated carbocycles. The van der Waals surface area contributed by atoms with Gasteiger partial charge < -0.3 is 15.2 Å². The molecule has 0 radical (unpaired) electrons. The highest BCUT2D eigenvalue weighted by Crippen LogP contribution is 2.62. The van der Waals surface area contributed by atoms with Crippen LogP contribution in [-0.2, 0) is 16.1 Å². The number of nitrogen functional groups attached to an aromatic ring is 1. The number of hydrogen-bond donors (Lipinski definition) is 1. The summed E-state index contributed by atoms with van der Waals surface area (Å²) < 4.78 is 12.2. The molecule has 0 aliphatic heterocycles. The zero-order valence-corrected chi connectivity index (χ0v) is 15.2. The van der Waals surface area contributed by atoms with Gasteiger partial charge in [-0.1, -0.05) is 12.1 Å². The molecule has 2 unspecified atom stereocenters. The van der Waals surface area contributed by atoms with E-state index in [1.165, 1.54) is 0 Å². The molecule has 0 saturated heterocycles. The number of nitrogens with two attached hydrogens (primary N) is 1. The van der Waals surface area contributed by atoms with Crippen molar-refractivity contribution in [3.63, 3.8) is 0 Å². The van der Waals surface area contributed by atoms with Crippen LogP contribution in [0.5, 0.6) is 5.75 Å². The zero-order chi connectivity index (χ0) is 18.3. The van der Waals surface area contributed by atoms with Gasteiger partial charge in [0.1, 0.15) is 11.6 Å². The van der Waals surface area contributed by atoms with Gasteiger partial charge in [0, 0.05) is 12.0 Å². The van der Waals surface area contributed by atoms with Gasteiger partial charge >= 0.3 is 5.97 Å². The van der Waals surface area contributed by atoms with Crippen LogP contribution in [0, 0.1) is 17.8 Å². The van der Waals surface area contributed by atoms with Crippen molar-refractivity contribution in [1.82, 2.24) is 9.78 Å². The summed E-state index contributed by atoms with van der Waals surface area (Å²) in [5.74, 6) is 2.94. The van der Waals surface area contributed by atoms with Gasteiger partial charge in [-0.25, -0.2) is 4.68 Å². The molecule has 1 heterocycles. The zero-order valence-electron chi connectivity index (χ0n) is 15.2. The number of hydrogen-bond acceptors (Lipinski definition) is 5. The number of carbonyl (C=O) groups excluding carboxylic acids is 1. The minimum Gasteiger partial charge on any atom is -0.497 e. The monoisotopic (exact) mass is 355 g/mol. The average Bonchev–Trinajstić information content (AvgIpc) is 2.96. The fourth-order valence-corrected chi connectivity index (χ4v) is 4.35. The summed E-state index contributed by atoms with van der Waals surface area (Å²) in [6, 6.07) is 9.91. The van der Waals surface area contributed by atoms with Gasteiger partial charge in [0.15, 0.2) is 0 Å². The number of rotatable bonds is 6. The molecule has 4 atom stereocenters. The van der Waals surface area contributed by atoms with Crippen molar-refractivity contribution in [3.8, 4) is 5.75 Å². The average molecular weight is 355 g/mol. The lowest BCUT2D eigenvalue weighted by molar-refractivity contribution is -0.145. The third-order valence-corrected chi connectivity index (χ3v) is 5.74. The van der Waals surface area contributed by atoms with Crippen LogP contribution in [0.3, 0.4) is 0 Å². The minimum absolute atomic E-state index is 0.0227. The van der Waals surface area contributed by atoms with Gasteiger partial charge in [-0.05, 0) is 49.3 Å². The number of fused-ring (bicyclic) bond motifs is 1. The Balaban J connectivity index is 1.39. The summed E-state index contributed by atoms with van der Waals surface area (Å²) in [5, 5.41) is 4.74. The highest BCUT2D eigenvalue weighted by atomic mass is 16.5. The summed E-state index contributed by atoms with van der Waals surface area (Å²) in [4.78, 5) is 11.9. The Morgan fingerprint density at radius 3 is 2.58 bits per heavy atom. The van der Waals surface area contributed by atoms with E-state index in [0.29, 0.717) is 36.7 Å². The van der Waals surface area contributed by atoms with E-state index >= 15 is 0 Å². The van der Waals surface area contributed by atoms with E-state index in [-0.39, 0.29) is 11.9 Å². The number of methoxy groups -OCH3 is 1. The predicted octanol–water partition coefficient (Wildman–Crippen LogP) is 2.82. The molecule has 0 bridgehead atoms. The lowest BCUT2D eigenvalue weighted by Crippen LogP contribution is -2.12. The molecule has 2 aliphatic carbocycles. The highest BCUT2D eigenvalue weighted by Gasteiger charge is 2.60. The number of carbonyl (C=O) groups is 1. The number of esters is 1. The molecular weight excluding hydrogens is 330 g/mol. The summed E-state index contributed by atoms with van der Waals surface area (Å²) in [5.41, 5.74) is 8.35. The topological polar surface area (TPSA) is 79.4 Å². The highest BCUT2D eigenvalue weighted by molar-refractivity contribution is 5.77. The van der Waals surface area contributed by atoms with E-state index in [2.05, 4.69) is 0 Å². The molecule has 1 aromatic heterocycles. The van der Waals surface area contributed by atoms with E-state index in [4.69, 9.17) is 20.3 Å². The molecule has 2 aromatic rings. The van der Waals surface area contributed by atoms with Crippen LogP contribution in [-0.4, -0.2) is 29.5 Å². The lowest BCUT2D eigenvalue weighted by Gasteiger charge is -2.11. The maximum Gasteiger partial charge on any atom is 0.309 e. The normalized spacial score (nSPS) is 26.4. The van der Waals surface area contributed by atoms with Crippen LogP contribution in [0.15, 0.2) is 30.3 Å². The molecule has 1 aromatic carbocycles. The van der Waals surface area contributed by atoms with Gasteiger partial charge in [-0.15, -0.1) is 0 Å². The van der Waals surface area contributed by atoms with Crippen LogP contribution in [0.1, 0.15) is 36.9 Å². The first kappa shape index (κ1) is 16.9. The van der Waals surface area contributed by atoms with Crippen molar-refractivity contribution in [2.24, 2.45) is 17.8 Å². The Morgan fingerprint density at radius 1 is 1.27 bits per heavy atom. The summed E-state index contributed by atoms with van der Waals surface area (Å²) in [7, 11) is 1.66. The molecular formula is C20H25N3O3. The number of nitrogens with zero attached hydrogens (tertiary/aromatic N) is 2. The van der Waals surface area contributed by atoms with E-state index in [1.54, 1.807) is 7.11 Å². The van der Waals surface area contributed by atoms with Gasteiger partial charge in [-0.2, -0.15) is 5.10 Å². The van der Waals surface area contributed by atoms with Gasteiger partial charge in [0.2, 0.25) is 0 Å². The van der Waals surface area contributed by atoms with E-state index in [0.717, 1.165) is 29.8 Å². The smallest absolute Gasteiger partial charge is 0.309 e. The molecule has 2 N–H and O–H groups in total. The second-order valence-electron chi connectivity index (χ2n) is 7.27. The van der Waals surface area contributed by atoms with Crippen LogP contribution in [0.25, 0.3) is 0 Å². The van der Waals surface area contributed by atoms with Crippen molar-refractivity contribution >= 4 is 11.8 Å². The van der Waals surface area contributed by atoms with Crippen LogP contribution >= 0.6 is 0 Å². The molecule has 6 nitrogen and oxygen atoms in total. The maximum absolute atomic E-state index is 11.9. The number of ether oxygens (including phenoxy) is 2. The summed E-state index contributed by atoms with van der Waals surface area (Å²) in [6.07, 6.45) is 2.01. The Morgan fingerprint density at radius 2 is 1.96 bits per heavy atom. The lowest BCUT2D eigenvalue weighted by atomic mass is 9.97. The Hall–Kier alpha value is -2.50. The van der Waals surface area contributed by atoms with Gasteiger partial charge in [-0.3, -0.25) is 4.79 Å². The molecule has 0 spiro atoms. The van der Waals surface area contributed by atoms with Crippen molar-refractivity contribution in [3.05, 3.63) is 41.6 Å². The second-order valence-corrected chi connectivity index (χ2v) is 7.27. The first-order chi connectivity index (χ1) is 12.6. The molecule has 6 heteroatoms. The fraction of sp³-hybridized carbons (Fsp3) is 0.500. The third-order valence-electron chi connectivity index (χ3n) is 5.74. The first-order valence-electron chi connectivity index (χ1n) is 9.23. The molecule has 2 aliphatic rings. The van der Waals surface area contributed by atoms with Crippen molar-refractivity contribution in [1.29, 1.82) is 0 Å². The quantitative estimate of drug-likeness (QED) is 0.806. The number of anilines is 1. The Bertz CT molecular complexity index is 787. The summed E-state index contributed by atoms with van der Waals surface area (Å²) in [6.45, 7) is 2.96. The molecule has 26 heavy (non-hydrogen) atoms. The van der Waals surface area contributed by atoms with Crippen LogP contribution in [0.2, 0.25) is 0 Å². The first-order valence-corrected chi connectivity index (χ1v) is 9.23. The second kappa shape index (κ2) is 6.67.